The second-order valence-corrected chi connectivity index (χ2v) is 8.53. The molecule has 27 heavy (non-hydrogen) atoms. The topological polar surface area (TPSA) is 66.6 Å². The fourth-order valence-corrected chi connectivity index (χ4v) is 5.18. The first-order chi connectivity index (χ1) is 13.0. The zero-order valence-electron chi connectivity index (χ0n) is 15.4. The van der Waals surface area contributed by atoms with E-state index in [1.807, 2.05) is 30.0 Å². The van der Waals surface area contributed by atoms with E-state index in [2.05, 4.69) is 11.0 Å². The molecule has 0 aliphatic carbocycles. The highest BCUT2D eigenvalue weighted by atomic mass is 32.1. The Morgan fingerprint density at radius 3 is 2.63 bits per heavy atom. The Hall–Kier alpha value is -2.12. The summed E-state index contributed by atoms with van der Waals surface area (Å²) in [4.78, 5) is 30.5. The first-order valence-electron chi connectivity index (χ1n) is 9.27. The molecule has 1 saturated heterocycles. The van der Waals surface area contributed by atoms with Crippen molar-refractivity contribution in [1.29, 1.82) is 0 Å². The number of nitrogens with two attached hydrogens (primary N) is 1. The molecule has 0 bridgehead atoms. The molecule has 1 fully saturated rings. The first-order valence-corrected chi connectivity index (χ1v) is 10.1. The molecule has 0 spiro atoms. The van der Waals surface area contributed by atoms with Crippen molar-refractivity contribution in [2.75, 3.05) is 13.1 Å². The van der Waals surface area contributed by atoms with Gasteiger partial charge in [0.1, 0.15) is 7.85 Å². The third-order valence-electron chi connectivity index (χ3n) is 5.69. The monoisotopic (exact) mass is 379 g/mol. The van der Waals surface area contributed by atoms with Gasteiger partial charge in [-0.1, -0.05) is 18.2 Å². The molecular weight excluding hydrogens is 357 g/mol. The second-order valence-electron chi connectivity index (χ2n) is 7.33. The average Bonchev–Trinajstić information content (AvgIpc) is 3.17. The van der Waals surface area contributed by atoms with E-state index in [-0.39, 0.29) is 18.0 Å². The molecule has 7 heteroatoms. The lowest BCUT2D eigenvalue weighted by atomic mass is 9.99. The smallest absolute Gasteiger partial charge is 0.255 e. The lowest BCUT2D eigenvalue weighted by Gasteiger charge is -2.38. The van der Waals surface area contributed by atoms with Gasteiger partial charge >= 0.3 is 0 Å². The molecule has 2 aliphatic rings. The molecule has 2 amide bonds. The lowest BCUT2D eigenvalue weighted by molar-refractivity contribution is 0.0511. The number of hydrogen-bond acceptors (Lipinski definition) is 4. The molecule has 3 heterocycles. The van der Waals surface area contributed by atoms with Crippen molar-refractivity contribution in [2.45, 2.75) is 38.4 Å². The Kier molecular flexibility index (Phi) is 4.82. The van der Waals surface area contributed by atoms with E-state index in [9.17, 15) is 9.59 Å². The Balaban J connectivity index is 1.46. The van der Waals surface area contributed by atoms with Gasteiger partial charge in [-0.15, -0.1) is 0 Å². The molecular formula is C20H22BN3O2S. The largest absolute Gasteiger partial charge is 0.366 e. The first kappa shape index (κ1) is 18.3. The van der Waals surface area contributed by atoms with Crippen molar-refractivity contribution in [2.24, 2.45) is 5.73 Å². The number of benzene rings is 1. The molecule has 2 aromatic rings. The molecule has 1 unspecified atom stereocenters. The van der Waals surface area contributed by atoms with Crippen molar-refractivity contribution in [3.63, 3.8) is 0 Å². The third-order valence-corrected chi connectivity index (χ3v) is 6.59. The summed E-state index contributed by atoms with van der Waals surface area (Å²) in [5, 5.41) is 0. The zero-order valence-corrected chi connectivity index (χ0v) is 16.2. The van der Waals surface area contributed by atoms with Crippen LogP contribution < -0.4 is 10.5 Å². The minimum absolute atomic E-state index is 0.0274. The van der Waals surface area contributed by atoms with Crippen molar-refractivity contribution >= 4 is 35.8 Å². The molecule has 1 atom stereocenters. The Bertz CT molecular complexity index is 889. The second kappa shape index (κ2) is 7.13. The van der Waals surface area contributed by atoms with Gasteiger partial charge in [-0.2, -0.15) is 11.3 Å². The Morgan fingerprint density at radius 2 is 2.00 bits per heavy atom. The van der Waals surface area contributed by atoms with E-state index in [1.165, 1.54) is 4.88 Å². The van der Waals surface area contributed by atoms with Crippen LogP contribution in [0.15, 0.2) is 30.3 Å². The van der Waals surface area contributed by atoms with E-state index < -0.39 is 5.91 Å². The van der Waals surface area contributed by atoms with Gasteiger partial charge in [0.25, 0.3) is 5.91 Å². The maximum absolute atomic E-state index is 13.1. The number of likely N-dealkylation sites (tertiary alicyclic amines) is 1. The molecule has 2 aliphatic heterocycles. The predicted molar refractivity (Wildman–Crippen MR) is 108 cm³/mol. The van der Waals surface area contributed by atoms with Gasteiger partial charge in [-0.3, -0.25) is 14.5 Å². The number of piperidine rings is 1. The van der Waals surface area contributed by atoms with Gasteiger partial charge < -0.3 is 10.6 Å². The van der Waals surface area contributed by atoms with E-state index in [1.54, 1.807) is 17.4 Å². The van der Waals surface area contributed by atoms with Crippen molar-refractivity contribution in [1.82, 2.24) is 9.80 Å². The van der Waals surface area contributed by atoms with Crippen LogP contribution in [0.3, 0.4) is 0 Å². The molecule has 1 aromatic heterocycles. The summed E-state index contributed by atoms with van der Waals surface area (Å²) in [5.74, 6) is -0.601. The zero-order chi connectivity index (χ0) is 19.1. The van der Waals surface area contributed by atoms with Gasteiger partial charge in [-0.05, 0) is 42.2 Å². The summed E-state index contributed by atoms with van der Waals surface area (Å²) in [6, 6.07) is 9.57. The van der Waals surface area contributed by atoms with Crippen molar-refractivity contribution < 1.29 is 9.59 Å². The third kappa shape index (κ3) is 3.30. The van der Waals surface area contributed by atoms with Crippen LogP contribution in [0.5, 0.6) is 0 Å². The number of carbonyl (C=O) groups excluding carboxylic acids is 2. The highest BCUT2D eigenvalue weighted by Crippen LogP contribution is 2.38. The Labute approximate surface area is 164 Å². The van der Waals surface area contributed by atoms with Gasteiger partial charge in [0.2, 0.25) is 5.91 Å². The van der Waals surface area contributed by atoms with Crippen LogP contribution in [0.25, 0.3) is 0 Å². The number of carbonyl (C=O) groups is 2. The van der Waals surface area contributed by atoms with E-state index >= 15 is 0 Å². The number of rotatable bonds is 4. The van der Waals surface area contributed by atoms with Crippen molar-refractivity contribution in [3.8, 4) is 0 Å². The molecule has 2 N–H and O–H groups in total. The van der Waals surface area contributed by atoms with Crippen LogP contribution in [0.4, 0.5) is 0 Å². The highest BCUT2D eigenvalue weighted by molar-refractivity contribution is 7.20. The molecule has 2 radical (unpaired) electrons. The van der Waals surface area contributed by atoms with Crippen molar-refractivity contribution in [3.05, 3.63) is 51.9 Å². The van der Waals surface area contributed by atoms with Gasteiger partial charge in [0, 0.05) is 30.6 Å². The number of thiophene rings is 1. The van der Waals surface area contributed by atoms with E-state index in [4.69, 9.17) is 13.6 Å². The van der Waals surface area contributed by atoms with E-state index in [0.717, 1.165) is 42.8 Å². The highest BCUT2D eigenvalue weighted by Gasteiger charge is 2.41. The van der Waals surface area contributed by atoms with E-state index in [0.29, 0.717) is 11.1 Å². The SMILES string of the molecule is [B]c1ccc(CN2CCC(N3C(=O)c4c(C(N)=O)cccc4C3C)CC2)s1. The molecule has 5 nitrogen and oxygen atoms in total. The summed E-state index contributed by atoms with van der Waals surface area (Å²) in [5.41, 5.74) is 7.22. The van der Waals surface area contributed by atoms with Crippen LogP contribution in [-0.2, 0) is 6.54 Å². The average molecular weight is 379 g/mol. The lowest BCUT2D eigenvalue weighted by Crippen LogP contribution is -2.45. The normalized spacial score (nSPS) is 20.9. The molecule has 0 saturated carbocycles. The number of hydrogen-bond donors (Lipinski definition) is 1. The number of fused-ring (bicyclic) bond motifs is 1. The summed E-state index contributed by atoms with van der Waals surface area (Å²) in [6.45, 7) is 4.83. The number of primary amides is 1. The minimum Gasteiger partial charge on any atom is -0.366 e. The fourth-order valence-electron chi connectivity index (χ4n) is 4.35. The van der Waals surface area contributed by atoms with Gasteiger partial charge in [0.05, 0.1) is 17.2 Å². The van der Waals surface area contributed by atoms with Crippen LogP contribution in [0.2, 0.25) is 0 Å². The number of amides is 2. The minimum atomic E-state index is -0.542. The maximum atomic E-state index is 13.1. The quantitative estimate of drug-likeness (QED) is 0.825. The summed E-state index contributed by atoms with van der Waals surface area (Å²) in [6.07, 6.45) is 1.85. The molecule has 138 valence electrons. The summed E-state index contributed by atoms with van der Waals surface area (Å²) in [7, 11) is 5.82. The van der Waals surface area contributed by atoms with Crippen LogP contribution in [-0.4, -0.2) is 48.6 Å². The summed E-state index contributed by atoms with van der Waals surface area (Å²) < 4.78 is 0.847. The fraction of sp³-hybridized carbons (Fsp3) is 0.400. The summed E-state index contributed by atoms with van der Waals surface area (Å²) >= 11 is 1.63. The molecule has 1 aromatic carbocycles. The Morgan fingerprint density at radius 1 is 1.26 bits per heavy atom. The number of nitrogens with zero attached hydrogens (tertiary/aromatic N) is 2. The maximum Gasteiger partial charge on any atom is 0.255 e. The van der Waals surface area contributed by atoms with Crippen LogP contribution in [0, 0.1) is 0 Å². The standard InChI is InChI=1S/C20H22BN3O2S/c1-12-15-3-2-4-16(19(22)25)18(15)20(26)24(12)13-7-9-23(10-8-13)11-14-5-6-17(21)27-14/h2-6,12-13H,7-11H2,1H3,(H2,22,25). The molecule has 4 rings (SSSR count). The van der Waals surface area contributed by atoms with Crippen LogP contribution >= 0.6 is 11.3 Å². The van der Waals surface area contributed by atoms with Gasteiger partial charge in [-0.25, -0.2) is 0 Å². The van der Waals surface area contributed by atoms with Crippen LogP contribution in [0.1, 0.15) is 57.0 Å². The predicted octanol–water partition coefficient (Wildman–Crippen LogP) is 1.82. The van der Waals surface area contributed by atoms with Gasteiger partial charge in [0.15, 0.2) is 0 Å².